The van der Waals surface area contributed by atoms with Crippen molar-refractivity contribution in [3.63, 3.8) is 0 Å². The van der Waals surface area contributed by atoms with Gasteiger partial charge in [-0.1, -0.05) is 48.5 Å². The molecule has 32 heavy (non-hydrogen) atoms. The Morgan fingerprint density at radius 1 is 1.00 bits per heavy atom. The average molecular weight is 440 g/mol. The summed E-state index contributed by atoms with van der Waals surface area (Å²) in [7, 11) is 0. The molecule has 0 spiro atoms. The molecular formula is C27H30NNaO3. The quantitative estimate of drug-likeness (QED) is 0.514. The van der Waals surface area contributed by atoms with E-state index < -0.39 is 12.1 Å². The first-order valence-corrected chi connectivity index (χ1v) is 10.8. The Labute approximate surface area is 213 Å². The maximum atomic E-state index is 11.1. The topological polar surface area (TPSA) is 69.6 Å². The molecule has 1 aliphatic rings. The summed E-state index contributed by atoms with van der Waals surface area (Å²) in [6.45, 7) is 4.70. The largest absolute Gasteiger partial charge is 1.00 e. The van der Waals surface area contributed by atoms with Crippen molar-refractivity contribution >= 4 is 5.97 Å². The van der Waals surface area contributed by atoms with E-state index in [0.717, 1.165) is 36.0 Å². The zero-order valence-corrected chi connectivity index (χ0v) is 21.1. The molecule has 0 radical (unpaired) electrons. The van der Waals surface area contributed by atoms with Gasteiger partial charge in [0.05, 0.1) is 11.7 Å². The van der Waals surface area contributed by atoms with Crippen molar-refractivity contribution in [3.8, 4) is 11.1 Å². The third-order valence-corrected chi connectivity index (χ3v) is 6.42. The van der Waals surface area contributed by atoms with E-state index in [1.165, 1.54) is 22.3 Å². The van der Waals surface area contributed by atoms with E-state index in [1.807, 2.05) is 18.2 Å². The van der Waals surface area contributed by atoms with E-state index in [2.05, 4.69) is 49.5 Å². The molecule has 4 nitrogen and oxygen atoms in total. The average Bonchev–Trinajstić information content (AvgIpc) is 2.78. The van der Waals surface area contributed by atoms with Gasteiger partial charge in [-0.05, 0) is 84.2 Å². The molecule has 0 amide bonds. The third kappa shape index (κ3) is 5.69. The van der Waals surface area contributed by atoms with Crippen LogP contribution >= 0.6 is 0 Å². The number of aliphatic hydroxyl groups is 1. The van der Waals surface area contributed by atoms with Crippen molar-refractivity contribution in [2.45, 2.75) is 45.3 Å². The monoisotopic (exact) mass is 439 g/mol. The summed E-state index contributed by atoms with van der Waals surface area (Å²) >= 11 is 0. The number of nitrogens with one attached hydrogen (secondary N) is 1. The molecule has 0 aliphatic heterocycles. The van der Waals surface area contributed by atoms with Crippen molar-refractivity contribution in [2.24, 2.45) is 0 Å². The van der Waals surface area contributed by atoms with Gasteiger partial charge in [-0.2, -0.15) is 0 Å². The summed E-state index contributed by atoms with van der Waals surface area (Å²) in [5.74, 6) is -0.908. The van der Waals surface area contributed by atoms with Gasteiger partial charge in [0.15, 0.2) is 0 Å². The number of fused-ring (bicyclic) bond motifs is 1. The Bertz CT molecular complexity index is 1100. The number of carbonyl (C=O) groups is 1. The van der Waals surface area contributed by atoms with Crippen molar-refractivity contribution < 1.29 is 46.0 Å². The zero-order valence-electron chi connectivity index (χ0n) is 20.1. The number of benzene rings is 3. The van der Waals surface area contributed by atoms with Gasteiger partial charge in [0.2, 0.25) is 0 Å². The van der Waals surface area contributed by atoms with Gasteiger partial charge in [0.1, 0.15) is 0 Å². The van der Waals surface area contributed by atoms with Crippen LogP contribution in [0.15, 0.2) is 60.7 Å². The van der Waals surface area contributed by atoms with Crippen LogP contribution in [0.1, 0.15) is 52.1 Å². The Balaban J connectivity index is 0.00000193. The van der Waals surface area contributed by atoms with Crippen LogP contribution in [-0.4, -0.2) is 28.8 Å². The van der Waals surface area contributed by atoms with Gasteiger partial charge < -0.3 is 17.0 Å². The van der Waals surface area contributed by atoms with E-state index in [4.69, 9.17) is 5.11 Å². The fourth-order valence-corrected chi connectivity index (χ4v) is 4.28. The molecule has 0 aromatic heterocycles. The Kier molecular flexibility index (Phi) is 8.32. The van der Waals surface area contributed by atoms with Gasteiger partial charge in [-0.3, -0.25) is 0 Å². The Morgan fingerprint density at radius 2 is 1.72 bits per heavy atom. The molecule has 0 bridgehead atoms. The number of rotatable bonds is 6. The molecule has 0 saturated heterocycles. The maximum absolute atomic E-state index is 11.1. The molecule has 0 heterocycles. The Hall–Kier alpha value is -1.95. The molecule has 4 rings (SSSR count). The summed E-state index contributed by atoms with van der Waals surface area (Å²) in [5, 5.41) is 23.3. The number of carboxylic acid groups (broad SMARTS) is 1. The summed E-state index contributed by atoms with van der Waals surface area (Å²) < 4.78 is 0. The van der Waals surface area contributed by atoms with Crippen LogP contribution in [0.25, 0.3) is 11.1 Å². The number of aromatic carboxylic acids is 1. The predicted octanol–water partition coefficient (Wildman–Crippen LogP) is 1.97. The van der Waals surface area contributed by atoms with Crippen molar-refractivity contribution in [2.75, 3.05) is 6.54 Å². The minimum Gasteiger partial charge on any atom is -1.00 e. The molecule has 5 heteroatoms. The molecule has 2 atom stereocenters. The molecule has 3 aromatic carbocycles. The smallest absolute Gasteiger partial charge is 1.00 e. The Morgan fingerprint density at radius 3 is 2.41 bits per heavy atom. The van der Waals surface area contributed by atoms with Crippen LogP contribution in [0, 0.1) is 13.8 Å². The number of hydrogen-bond donors (Lipinski definition) is 3. The van der Waals surface area contributed by atoms with Gasteiger partial charge in [-0.15, -0.1) is 0 Å². The van der Waals surface area contributed by atoms with Crippen LogP contribution in [0.2, 0.25) is 0 Å². The van der Waals surface area contributed by atoms with Gasteiger partial charge >= 0.3 is 35.5 Å². The fraction of sp³-hybridized carbons (Fsp3) is 0.296. The first-order chi connectivity index (χ1) is 14.9. The minimum atomic E-state index is -0.908. The molecule has 0 unspecified atom stereocenters. The summed E-state index contributed by atoms with van der Waals surface area (Å²) in [6, 6.07) is 20.0. The summed E-state index contributed by atoms with van der Waals surface area (Å²) in [5.41, 5.74) is 8.52. The molecule has 0 fully saturated rings. The van der Waals surface area contributed by atoms with E-state index in [0.29, 0.717) is 18.2 Å². The predicted molar refractivity (Wildman–Crippen MR) is 125 cm³/mol. The summed E-state index contributed by atoms with van der Waals surface area (Å²) in [4.78, 5) is 11.1. The number of aryl methyl sites for hydroxylation is 3. The van der Waals surface area contributed by atoms with Crippen LogP contribution in [-0.2, 0) is 12.8 Å². The molecule has 3 aromatic rings. The SMILES string of the molecule is Cc1ccc([C@H](O)CN[C@H]2CCc3ccc(-c4ccc(C(=O)O)cc4)cc3C2)cc1C.[H-].[Na+]. The van der Waals surface area contributed by atoms with Gasteiger partial charge in [-0.25, -0.2) is 4.79 Å². The van der Waals surface area contributed by atoms with Crippen LogP contribution < -0.4 is 34.9 Å². The van der Waals surface area contributed by atoms with E-state index in [-0.39, 0.29) is 31.0 Å². The van der Waals surface area contributed by atoms with E-state index in [9.17, 15) is 9.90 Å². The molecular weight excluding hydrogens is 409 g/mol. The number of carboxylic acids is 1. The second kappa shape index (κ2) is 10.8. The normalized spacial score (nSPS) is 16.0. The van der Waals surface area contributed by atoms with Crippen molar-refractivity contribution in [1.29, 1.82) is 0 Å². The first kappa shape index (κ1) is 24.7. The molecule has 0 saturated carbocycles. The van der Waals surface area contributed by atoms with Crippen LogP contribution in [0.4, 0.5) is 0 Å². The van der Waals surface area contributed by atoms with Gasteiger partial charge in [0, 0.05) is 12.6 Å². The van der Waals surface area contributed by atoms with E-state index in [1.54, 1.807) is 12.1 Å². The molecule has 3 N–H and O–H groups in total. The standard InChI is InChI=1S/C27H29NO3.Na.H/c1-17-3-4-23(13-18(17)2)26(29)16-28-25-12-11-20-7-10-22(14-24(20)15-25)19-5-8-21(9-6-19)27(30)31;;/h3-10,13-14,25-26,28-29H,11-12,15-16H2,1-2H3,(H,30,31);;/q;+1;-1/t25-,26+;;/m0../s1. The second-order valence-corrected chi connectivity index (χ2v) is 8.57. The van der Waals surface area contributed by atoms with Gasteiger partial charge in [0.25, 0.3) is 0 Å². The second-order valence-electron chi connectivity index (χ2n) is 8.57. The number of aliphatic hydroxyl groups excluding tert-OH is 1. The summed E-state index contributed by atoms with van der Waals surface area (Å²) in [6.07, 6.45) is 2.49. The first-order valence-electron chi connectivity index (χ1n) is 10.8. The number of hydrogen-bond acceptors (Lipinski definition) is 3. The van der Waals surface area contributed by atoms with Crippen LogP contribution in [0.3, 0.4) is 0 Å². The van der Waals surface area contributed by atoms with Crippen molar-refractivity contribution in [3.05, 3.63) is 94.0 Å². The molecule has 1 aliphatic carbocycles. The molecule has 162 valence electrons. The van der Waals surface area contributed by atoms with Crippen molar-refractivity contribution in [1.82, 2.24) is 5.32 Å². The fourth-order valence-electron chi connectivity index (χ4n) is 4.28. The minimum absolute atomic E-state index is 0. The maximum Gasteiger partial charge on any atom is 1.00 e. The van der Waals surface area contributed by atoms with E-state index >= 15 is 0 Å². The van der Waals surface area contributed by atoms with Crippen LogP contribution in [0.5, 0.6) is 0 Å². The zero-order chi connectivity index (χ0) is 22.0. The third-order valence-electron chi connectivity index (χ3n) is 6.42.